The van der Waals surface area contributed by atoms with Crippen molar-refractivity contribution in [1.29, 1.82) is 0 Å². The molecule has 0 bridgehead atoms. The molecule has 0 aromatic carbocycles. The van der Waals surface area contributed by atoms with Gasteiger partial charge in [0.15, 0.2) is 11.2 Å². The van der Waals surface area contributed by atoms with Crippen molar-refractivity contribution in [3.63, 3.8) is 0 Å². The Balaban J connectivity index is 2.87. The first-order chi connectivity index (χ1) is 15.8. The Morgan fingerprint density at radius 2 is 0.912 bits per heavy atom. The molecule has 0 aliphatic carbocycles. The van der Waals surface area contributed by atoms with E-state index < -0.39 is 16.1 Å². The van der Waals surface area contributed by atoms with Crippen LogP contribution in [0.1, 0.15) is 94.3 Å². The summed E-state index contributed by atoms with van der Waals surface area (Å²) in [6, 6.07) is 0. The zero-order valence-corrected chi connectivity index (χ0v) is 25.1. The summed E-state index contributed by atoms with van der Waals surface area (Å²) >= 11 is 0. The highest BCUT2D eigenvalue weighted by molar-refractivity contribution is 6.91. The zero-order valence-electron chi connectivity index (χ0n) is 23.1. The van der Waals surface area contributed by atoms with Crippen LogP contribution in [0.15, 0.2) is 0 Å². The lowest BCUT2D eigenvalue weighted by Crippen LogP contribution is -2.43. The number of aromatic nitrogens is 6. The Kier molecular flexibility index (Phi) is 9.12. The molecule has 2 rings (SSSR count). The van der Waals surface area contributed by atoms with Crippen LogP contribution in [0.25, 0.3) is 11.2 Å². The van der Waals surface area contributed by atoms with Crippen LogP contribution in [0.4, 0.5) is 0 Å². The lowest BCUT2D eigenvalue weighted by Gasteiger charge is -2.38. The van der Waals surface area contributed by atoms with Crippen LogP contribution in [0.3, 0.4) is 0 Å². The Hall–Kier alpha value is -2.17. The molecular formula is C26H42N6Si2. The molecule has 0 aliphatic heterocycles. The van der Waals surface area contributed by atoms with Crippen LogP contribution in [0, 0.1) is 22.9 Å². The van der Waals surface area contributed by atoms with Crippen molar-refractivity contribution in [2.45, 2.75) is 116 Å². The van der Waals surface area contributed by atoms with Crippen LogP contribution in [-0.4, -0.2) is 47.0 Å². The van der Waals surface area contributed by atoms with E-state index in [1.807, 2.05) is 0 Å². The highest BCUT2D eigenvalue weighted by Crippen LogP contribution is 2.42. The van der Waals surface area contributed by atoms with Crippen LogP contribution < -0.4 is 0 Å². The second-order valence-corrected chi connectivity index (χ2v) is 22.4. The summed E-state index contributed by atoms with van der Waals surface area (Å²) in [5.74, 6) is 6.97. The predicted molar refractivity (Wildman–Crippen MR) is 147 cm³/mol. The largest absolute Gasteiger partial charge is 0.227 e. The fourth-order valence-electron chi connectivity index (χ4n) is 6.12. The summed E-state index contributed by atoms with van der Waals surface area (Å²) in [7, 11) is -3.91. The third-order valence-corrected chi connectivity index (χ3v) is 20.4. The van der Waals surface area contributed by atoms with Gasteiger partial charge in [-0.2, -0.15) is 0 Å². The lowest BCUT2D eigenvalue weighted by molar-refractivity contribution is 0.781. The molecule has 0 saturated heterocycles. The first-order valence-corrected chi connectivity index (χ1v) is 17.1. The van der Waals surface area contributed by atoms with Crippen molar-refractivity contribution >= 4 is 27.3 Å². The van der Waals surface area contributed by atoms with Gasteiger partial charge in [-0.1, -0.05) is 94.9 Å². The quantitative estimate of drug-likeness (QED) is 0.344. The smallest absolute Gasteiger partial charge is 0.138 e. The molecule has 6 nitrogen and oxygen atoms in total. The van der Waals surface area contributed by atoms with Crippen molar-refractivity contribution in [3.05, 3.63) is 11.3 Å². The first kappa shape index (κ1) is 28.1. The van der Waals surface area contributed by atoms with Crippen LogP contribution in [0.5, 0.6) is 0 Å². The molecular weight excluding hydrogens is 453 g/mol. The van der Waals surface area contributed by atoms with Gasteiger partial charge >= 0.3 is 0 Å². The SMILES string of the molecule is CC(C)[Si](C#Cc1nnc2nnnnc2c1C#C[Si](C(C)C)(C(C)C)C(C)C)(C(C)C)C(C)C. The highest BCUT2D eigenvalue weighted by Gasteiger charge is 2.43. The van der Waals surface area contributed by atoms with Crippen molar-refractivity contribution in [2.75, 3.05) is 0 Å². The van der Waals surface area contributed by atoms with Gasteiger partial charge in [-0.05, 0) is 43.7 Å². The molecule has 184 valence electrons. The molecule has 0 unspecified atom stereocenters. The minimum Gasteiger partial charge on any atom is -0.138 e. The van der Waals surface area contributed by atoms with Crippen LogP contribution in [-0.2, 0) is 0 Å². The summed E-state index contributed by atoms with van der Waals surface area (Å²) in [6.45, 7) is 27.7. The standard InChI is InChI=1S/C26H42N6Si2/c1-17(2)33(18(3)4,19(5)6)15-13-23-24(27-29-26-25(23)28-31-32-30-26)14-16-34(20(7)8,21(9)10)22(11)12/h17-22H,1-12H3. The average molecular weight is 495 g/mol. The second kappa shape index (κ2) is 11.1. The van der Waals surface area contributed by atoms with E-state index in [1.165, 1.54) is 0 Å². The van der Waals surface area contributed by atoms with E-state index in [0.29, 0.717) is 55.7 Å². The molecule has 2 aromatic rings. The van der Waals surface area contributed by atoms with E-state index in [2.05, 4.69) is 137 Å². The van der Waals surface area contributed by atoms with Crippen molar-refractivity contribution in [3.8, 4) is 22.9 Å². The topological polar surface area (TPSA) is 77.3 Å². The van der Waals surface area contributed by atoms with E-state index >= 15 is 0 Å². The van der Waals surface area contributed by atoms with Gasteiger partial charge in [0.25, 0.3) is 0 Å². The Morgan fingerprint density at radius 3 is 1.35 bits per heavy atom. The molecule has 2 heterocycles. The summed E-state index contributed by atoms with van der Waals surface area (Å²) in [5.41, 5.74) is 12.9. The molecule has 0 amide bonds. The average Bonchev–Trinajstić information content (AvgIpc) is 2.73. The van der Waals surface area contributed by atoms with Gasteiger partial charge in [0.05, 0.1) is 5.56 Å². The minimum atomic E-state index is -1.97. The Bertz CT molecular complexity index is 1070. The molecule has 0 aliphatic rings. The summed E-state index contributed by atoms with van der Waals surface area (Å²) < 4.78 is 0. The van der Waals surface area contributed by atoms with Gasteiger partial charge < -0.3 is 0 Å². The van der Waals surface area contributed by atoms with Crippen molar-refractivity contribution in [2.24, 2.45) is 0 Å². The number of hydrogen-bond acceptors (Lipinski definition) is 6. The molecule has 0 spiro atoms. The third kappa shape index (κ3) is 5.09. The highest BCUT2D eigenvalue weighted by atomic mass is 28.3. The number of nitrogens with zero attached hydrogens (tertiary/aromatic N) is 6. The normalized spacial score (nSPS) is 12.6. The second-order valence-electron chi connectivity index (χ2n) is 11.3. The fourth-order valence-corrected chi connectivity index (χ4v) is 16.5. The van der Waals surface area contributed by atoms with E-state index in [9.17, 15) is 0 Å². The minimum absolute atomic E-state index is 0.357. The number of rotatable bonds is 6. The van der Waals surface area contributed by atoms with Crippen LogP contribution in [0.2, 0.25) is 33.2 Å². The number of fused-ring (bicyclic) bond motifs is 1. The monoisotopic (exact) mass is 494 g/mol. The van der Waals surface area contributed by atoms with E-state index in [0.717, 1.165) is 0 Å². The zero-order chi connectivity index (χ0) is 25.8. The Labute approximate surface area is 208 Å². The molecule has 0 radical (unpaired) electrons. The molecule has 8 heteroatoms. The van der Waals surface area contributed by atoms with Gasteiger partial charge in [-0.15, -0.1) is 31.5 Å². The summed E-state index contributed by atoms with van der Waals surface area (Å²) in [5, 5.41) is 24.4. The summed E-state index contributed by atoms with van der Waals surface area (Å²) in [4.78, 5) is 0. The van der Waals surface area contributed by atoms with E-state index in [1.54, 1.807) is 0 Å². The Morgan fingerprint density at radius 1 is 0.500 bits per heavy atom. The molecule has 0 saturated carbocycles. The number of hydrogen-bond donors (Lipinski definition) is 0. The first-order valence-electron chi connectivity index (χ1n) is 12.6. The van der Waals surface area contributed by atoms with Gasteiger partial charge in [0.1, 0.15) is 16.1 Å². The van der Waals surface area contributed by atoms with Gasteiger partial charge in [-0.25, -0.2) is 0 Å². The maximum absolute atomic E-state index is 4.46. The molecule has 0 fully saturated rings. The summed E-state index contributed by atoms with van der Waals surface area (Å²) in [6.07, 6.45) is 0. The molecule has 2 aromatic heterocycles. The maximum Gasteiger partial charge on any atom is 0.227 e. The third-order valence-electron chi connectivity index (χ3n) is 7.79. The predicted octanol–water partition coefficient (Wildman–Crippen LogP) is 6.35. The molecule has 0 N–H and O–H groups in total. The molecule has 0 atom stereocenters. The fraction of sp³-hybridized carbons (Fsp3) is 0.692. The lowest BCUT2D eigenvalue weighted by atomic mass is 10.2. The van der Waals surface area contributed by atoms with E-state index in [-0.39, 0.29) is 0 Å². The van der Waals surface area contributed by atoms with E-state index in [4.69, 9.17) is 0 Å². The van der Waals surface area contributed by atoms with Crippen molar-refractivity contribution < 1.29 is 0 Å². The van der Waals surface area contributed by atoms with Crippen LogP contribution >= 0.6 is 0 Å². The van der Waals surface area contributed by atoms with Gasteiger partial charge in [-0.3, -0.25) is 0 Å². The van der Waals surface area contributed by atoms with Gasteiger partial charge in [0, 0.05) is 0 Å². The molecule has 34 heavy (non-hydrogen) atoms. The maximum atomic E-state index is 4.46. The van der Waals surface area contributed by atoms with Gasteiger partial charge in [0.2, 0.25) is 5.65 Å². The van der Waals surface area contributed by atoms with Crippen molar-refractivity contribution in [1.82, 2.24) is 30.8 Å².